The molecular weight excluding hydrogens is 254 g/mol. The van der Waals surface area contributed by atoms with Gasteiger partial charge in [-0.1, -0.05) is 18.2 Å². The lowest BCUT2D eigenvalue weighted by atomic mass is 10.2. The maximum atomic E-state index is 9.47. The molecule has 20 heavy (non-hydrogen) atoms. The fourth-order valence-electron chi connectivity index (χ4n) is 2.12. The average Bonchev–Trinajstić information content (AvgIpc) is 2.92. The summed E-state index contributed by atoms with van der Waals surface area (Å²) < 4.78 is 7.72. The second-order valence-corrected chi connectivity index (χ2v) is 4.38. The summed E-state index contributed by atoms with van der Waals surface area (Å²) in [4.78, 5) is 4.35. The van der Waals surface area contributed by atoms with Gasteiger partial charge >= 0.3 is 0 Å². The number of aryl methyl sites for hydroxylation is 1. The van der Waals surface area contributed by atoms with Crippen LogP contribution in [-0.2, 0) is 13.2 Å². The molecule has 2 aromatic heterocycles. The molecule has 2 heterocycles. The van der Waals surface area contributed by atoms with Crippen molar-refractivity contribution in [2.45, 2.75) is 20.1 Å². The first kappa shape index (κ1) is 12.6. The number of para-hydroxylation sites is 1. The quantitative estimate of drug-likeness (QED) is 0.791. The van der Waals surface area contributed by atoms with E-state index in [1.165, 1.54) is 0 Å². The maximum absolute atomic E-state index is 9.47. The first-order valence-corrected chi connectivity index (χ1v) is 6.50. The molecule has 1 N–H and O–H groups in total. The summed E-state index contributed by atoms with van der Waals surface area (Å²) in [5, 5.41) is 14.6. The molecule has 0 saturated heterocycles. The Morgan fingerprint density at radius 1 is 1.20 bits per heavy atom. The van der Waals surface area contributed by atoms with Crippen molar-refractivity contribution in [3.8, 4) is 11.5 Å². The Balaban J connectivity index is 2.13. The molecule has 5 nitrogen and oxygen atoms in total. The van der Waals surface area contributed by atoms with Crippen molar-refractivity contribution in [1.29, 1.82) is 0 Å². The Morgan fingerprint density at radius 3 is 2.70 bits per heavy atom. The molecule has 3 rings (SSSR count). The lowest BCUT2D eigenvalue weighted by Crippen LogP contribution is -1.99. The van der Waals surface area contributed by atoms with Crippen molar-refractivity contribution in [3.63, 3.8) is 0 Å². The minimum absolute atomic E-state index is 0.123. The standard InChI is InChI=1S/C15H15N3O2/c1-2-18-15-13(9-17-18)14(11(10-19)8-16-15)20-12-6-4-3-5-7-12/h3-9,19H,2,10H2,1H3. The summed E-state index contributed by atoms with van der Waals surface area (Å²) in [7, 11) is 0. The summed E-state index contributed by atoms with van der Waals surface area (Å²) >= 11 is 0. The van der Waals surface area contributed by atoms with Crippen LogP contribution in [0.1, 0.15) is 12.5 Å². The maximum Gasteiger partial charge on any atom is 0.161 e. The lowest BCUT2D eigenvalue weighted by molar-refractivity contribution is 0.276. The van der Waals surface area contributed by atoms with Crippen molar-refractivity contribution < 1.29 is 9.84 Å². The van der Waals surface area contributed by atoms with E-state index >= 15 is 0 Å². The van der Waals surface area contributed by atoms with Crippen LogP contribution in [0.2, 0.25) is 0 Å². The highest BCUT2D eigenvalue weighted by Crippen LogP contribution is 2.32. The third-order valence-electron chi connectivity index (χ3n) is 3.12. The number of pyridine rings is 1. The van der Waals surface area contributed by atoms with Gasteiger partial charge in [0.1, 0.15) is 11.5 Å². The minimum atomic E-state index is -0.123. The Labute approximate surface area is 116 Å². The zero-order valence-electron chi connectivity index (χ0n) is 11.2. The van der Waals surface area contributed by atoms with E-state index in [4.69, 9.17) is 4.74 Å². The zero-order chi connectivity index (χ0) is 13.9. The van der Waals surface area contributed by atoms with Crippen molar-refractivity contribution >= 4 is 11.0 Å². The molecule has 0 spiro atoms. The SMILES string of the molecule is CCn1ncc2c(Oc3ccccc3)c(CO)cnc21. The number of ether oxygens (including phenoxy) is 1. The predicted molar refractivity (Wildman–Crippen MR) is 75.6 cm³/mol. The monoisotopic (exact) mass is 269 g/mol. The molecule has 0 radical (unpaired) electrons. The van der Waals surface area contributed by atoms with E-state index in [-0.39, 0.29) is 6.61 Å². The van der Waals surface area contributed by atoms with Crippen LogP contribution in [0, 0.1) is 0 Å². The Morgan fingerprint density at radius 2 is 2.00 bits per heavy atom. The van der Waals surface area contributed by atoms with E-state index in [9.17, 15) is 5.11 Å². The molecule has 0 atom stereocenters. The van der Waals surface area contributed by atoms with Gasteiger partial charge in [-0.15, -0.1) is 0 Å². The zero-order valence-corrected chi connectivity index (χ0v) is 11.2. The van der Waals surface area contributed by atoms with Crippen LogP contribution in [0.25, 0.3) is 11.0 Å². The van der Waals surface area contributed by atoms with E-state index in [1.54, 1.807) is 17.1 Å². The number of hydrogen-bond acceptors (Lipinski definition) is 4. The molecule has 0 fully saturated rings. The predicted octanol–water partition coefficient (Wildman–Crippen LogP) is 2.74. The highest BCUT2D eigenvalue weighted by Gasteiger charge is 2.14. The third-order valence-corrected chi connectivity index (χ3v) is 3.12. The lowest BCUT2D eigenvalue weighted by Gasteiger charge is -2.10. The number of aromatic nitrogens is 3. The third kappa shape index (κ3) is 2.12. The van der Waals surface area contributed by atoms with E-state index in [2.05, 4.69) is 10.1 Å². The molecule has 0 aliphatic heterocycles. The van der Waals surface area contributed by atoms with Gasteiger partial charge in [-0.05, 0) is 19.1 Å². The second kappa shape index (κ2) is 5.30. The molecule has 0 aliphatic rings. The number of aliphatic hydroxyl groups is 1. The Hall–Kier alpha value is -2.40. The van der Waals surface area contributed by atoms with Crippen LogP contribution in [0.4, 0.5) is 0 Å². The molecule has 0 aliphatic carbocycles. The van der Waals surface area contributed by atoms with Gasteiger partial charge < -0.3 is 9.84 Å². The fraction of sp³-hybridized carbons (Fsp3) is 0.200. The minimum Gasteiger partial charge on any atom is -0.456 e. The van der Waals surface area contributed by atoms with Crippen LogP contribution < -0.4 is 4.74 Å². The normalized spacial score (nSPS) is 10.9. The van der Waals surface area contributed by atoms with Gasteiger partial charge in [-0.3, -0.25) is 0 Å². The first-order chi connectivity index (χ1) is 9.83. The summed E-state index contributed by atoms with van der Waals surface area (Å²) in [5.74, 6) is 1.34. The van der Waals surface area contributed by atoms with E-state index in [0.29, 0.717) is 11.3 Å². The van der Waals surface area contributed by atoms with Gasteiger partial charge in [0, 0.05) is 18.3 Å². The van der Waals surface area contributed by atoms with E-state index in [1.807, 2.05) is 37.3 Å². The van der Waals surface area contributed by atoms with Crippen LogP contribution in [0.5, 0.6) is 11.5 Å². The largest absolute Gasteiger partial charge is 0.456 e. The highest BCUT2D eigenvalue weighted by molar-refractivity contribution is 5.83. The molecule has 0 amide bonds. The van der Waals surface area contributed by atoms with Crippen molar-refractivity contribution in [2.24, 2.45) is 0 Å². The van der Waals surface area contributed by atoms with Gasteiger partial charge in [0.05, 0.1) is 18.2 Å². The van der Waals surface area contributed by atoms with Crippen LogP contribution in [0.15, 0.2) is 42.7 Å². The fourth-order valence-corrected chi connectivity index (χ4v) is 2.12. The van der Waals surface area contributed by atoms with Gasteiger partial charge in [0.25, 0.3) is 0 Å². The van der Waals surface area contributed by atoms with Crippen LogP contribution >= 0.6 is 0 Å². The molecule has 0 saturated carbocycles. The highest BCUT2D eigenvalue weighted by atomic mass is 16.5. The summed E-state index contributed by atoms with van der Waals surface area (Å²) in [6.45, 7) is 2.62. The van der Waals surface area contributed by atoms with Crippen LogP contribution in [-0.4, -0.2) is 19.9 Å². The average molecular weight is 269 g/mol. The second-order valence-electron chi connectivity index (χ2n) is 4.38. The van der Waals surface area contributed by atoms with Gasteiger partial charge in [0.15, 0.2) is 5.65 Å². The molecule has 102 valence electrons. The summed E-state index contributed by atoms with van der Waals surface area (Å²) in [6.07, 6.45) is 3.36. The molecular formula is C15H15N3O2. The Kier molecular flexibility index (Phi) is 3.35. The van der Waals surface area contributed by atoms with E-state index in [0.717, 1.165) is 23.3 Å². The smallest absolute Gasteiger partial charge is 0.161 e. The first-order valence-electron chi connectivity index (χ1n) is 6.50. The number of nitrogens with zero attached hydrogens (tertiary/aromatic N) is 3. The van der Waals surface area contributed by atoms with Gasteiger partial charge in [0.2, 0.25) is 0 Å². The topological polar surface area (TPSA) is 60.2 Å². The number of hydrogen-bond donors (Lipinski definition) is 1. The molecule has 3 aromatic rings. The number of aliphatic hydroxyl groups excluding tert-OH is 1. The Bertz CT molecular complexity index is 723. The molecule has 0 bridgehead atoms. The summed E-state index contributed by atoms with van der Waals surface area (Å²) in [6, 6.07) is 9.48. The number of rotatable bonds is 4. The number of benzene rings is 1. The van der Waals surface area contributed by atoms with Crippen molar-refractivity contribution in [3.05, 3.63) is 48.3 Å². The number of fused-ring (bicyclic) bond motifs is 1. The van der Waals surface area contributed by atoms with Crippen molar-refractivity contribution in [1.82, 2.24) is 14.8 Å². The molecule has 0 unspecified atom stereocenters. The van der Waals surface area contributed by atoms with E-state index < -0.39 is 0 Å². The van der Waals surface area contributed by atoms with Gasteiger partial charge in [-0.25, -0.2) is 9.67 Å². The van der Waals surface area contributed by atoms with Gasteiger partial charge in [-0.2, -0.15) is 5.10 Å². The van der Waals surface area contributed by atoms with Crippen LogP contribution in [0.3, 0.4) is 0 Å². The van der Waals surface area contributed by atoms with Crippen molar-refractivity contribution in [2.75, 3.05) is 0 Å². The molecule has 5 heteroatoms. The summed E-state index contributed by atoms with van der Waals surface area (Å²) in [5.41, 5.74) is 1.41. The molecule has 1 aromatic carbocycles.